The normalized spacial score (nSPS) is 17.8. The second kappa shape index (κ2) is 12.3. The van der Waals surface area contributed by atoms with E-state index in [1.165, 1.54) is 5.56 Å². The lowest BCUT2D eigenvalue weighted by Gasteiger charge is -2.30. The predicted octanol–water partition coefficient (Wildman–Crippen LogP) is 2.07. The average molecular weight is 404 g/mol. The van der Waals surface area contributed by atoms with E-state index in [4.69, 9.17) is 15.5 Å². The van der Waals surface area contributed by atoms with Crippen molar-refractivity contribution in [2.75, 3.05) is 46.4 Å². The number of benzene rings is 1. The Morgan fingerprint density at radius 2 is 2.10 bits per heavy atom. The molecule has 29 heavy (non-hydrogen) atoms. The minimum Gasteiger partial charge on any atom is -0.494 e. The molecular weight excluding hydrogens is 366 g/mol. The van der Waals surface area contributed by atoms with Gasteiger partial charge in [0, 0.05) is 33.2 Å². The highest BCUT2D eigenvalue weighted by Gasteiger charge is 2.23. The van der Waals surface area contributed by atoms with Crippen molar-refractivity contribution < 1.29 is 9.53 Å². The summed E-state index contributed by atoms with van der Waals surface area (Å²) in [6.07, 6.45) is 2.94. The predicted molar refractivity (Wildman–Crippen MR) is 118 cm³/mol. The van der Waals surface area contributed by atoms with E-state index >= 15 is 0 Å². The van der Waals surface area contributed by atoms with Crippen LogP contribution in [0.2, 0.25) is 0 Å². The number of hydrogen-bond donors (Lipinski definition) is 2. The number of aliphatic imine (C=N–C) groups is 1. The Labute approximate surface area is 175 Å². The van der Waals surface area contributed by atoms with Gasteiger partial charge in [0.15, 0.2) is 5.96 Å². The first-order valence-electron chi connectivity index (χ1n) is 10.8. The number of nitrogens with two attached hydrogens (primary N) is 1. The van der Waals surface area contributed by atoms with Crippen LogP contribution in [0.1, 0.15) is 38.7 Å². The molecule has 0 aliphatic carbocycles. The summed E-state index contributed by atoms with van der Waals surface area (Å²) < 4.78 is 5.51. The summed E-state index contributed by atoms with van der Waals surface area (Å²) in [5, 5.41) is 3.37. The van der Waals surface area contributed by atoms with Crippen LogP contribution in [-0.4, -0.2) is 68.0 Å². The van der Waals surface area contributed by atoms with Gasteiger partial charge in [-0.15, -0.1) is 0 Å². The number of piperidine rings is 1. The highest BCUT2D eigenvalue weighted by Crippen LogP contribution is 2.16. The summed E-state index contributed by atoms with van der Waals surface area (Å²) in [6.45, 7) is 9.91. The number of ether oxygens (including phenoxy) is 1. The molecule has 0 aromatic heterocycles. The molecule has 0 bridgehead atoms. The molecule has 1 heterocycles. The number of nitrogens with zero attached hydrogens (tertiary/aromatic N) is 3. The zero-order valence-electron chi connectivity index (χ0n) is 18.2. The molecule has 1 aromatic rings. The molecule has 3 N–H and O–H groups in total. The molecule has 1 amide bonds. The van der Waals surface area contributed by atoms with Crippen molar-refractivity contribution in [3.05, 3.63) is 29.8 Å². The molecule has 0 radical (unpaired) electrons. The SMILES string of the molecule is CCNC(=NCCCN1CCCC(C(N)=O)C1)N(C)Cc1ccc(OCC)cc1. The van der Waals surface area contributed by atoms with Gasteiger partial charge >= 0.3 is 0 Å². The highest BCUT2D eigenvalue weighted by atomic mass is 16.5. The van der Waals surface area contributed by atoms with Gasteiger partial charge in [-0.2, -0.15) is 0 Å². The molecule has 1 saturated heterocycles. The summed E-state index contributed by atoms with van der Waals surface area (Å²) in [5.41, 5.74) is 6.68. The van der Waals surface area contributed by atoms with Gasteiger partial charge in [-0.1, -0.05) is 12.1 Å². The molecule has 7 nitrogen and oxygen atoms in total. The number of amides is 1. The van der Waals surface area contributed by atoms with E-state index in [0.717, 1.165) is 70.2 Å². The highest BCUT2D eigenvalue weighted by molar-refractivity contribution is 5.79. The van der Waals surface area contributed by atoms with Crippen LogP contribution in [0.5, 0.6) is 5.75 Å². The molecule has 1 atom stereocenters. The Bertz CT molecular complexity index is 647. The molecule has 7 heteroatoms. The molecule has 162 valence electrons. The molecule has 1 unspecified atom stereocenters. The van der Waals surface area contributed by atoms with E-state index in [1.807, 2.05) is 19.1 Å². The van der Waals surface area contributed by atoms with Gasteiger partial charge in [0.25, 0.3) is 0 Å². The molecule has 0 spiro atoms. The molecule has 2 rings (SSSR count). The molecule has 0 saturated carbocycles. The van der Waals surface area contributed by atoms with E-state index in [-0.39, 0.29) is 11.8 Å². The van der Waals surface area contributed by atoms with Crippen molar-refractivity contribution >= 4 is 11.9 Å². The van der Waals surface area contributed by atoms with Gasteiger partial charge in [-0.05, 0) is 63.9 Å². The van der Waals surface area contributed by atoms with Gasteiger partial charge in [0.2, 0.25) is 5.91 Å². The Morgan fingerprint density at radius 1 is 1.34 bits per heavy atom. The Hall–Kier alpha value is -2.28. The molecule has 1 aliphatic rings. The fraction of sp³-hybridized carbons (Fsp3) is 0.636. The third-order valence-electron chi connectivity index (χ3n) is 5.15. The lowest BCUT2D eigenvalue weighted by atomic mass is 9.97. The Morgan fingerprint density at radius 3 is 2.76 bits per heavy atom. The number of nitrogens with one attached hydrogen (secondary N) is 1. The number of carbonyl (C=O) groups is 1. The van der Waals surface area contributed by atoms with Crippen LogP contribution in [0.15, 0.2) is 29.3 Å². The average Bonchev–Trinajstić information content (AvgIpc) is 2.72. The topological polar surface area (TPSA) is 83.2 Å². The summed E-state index contributed by atoms with van der Waals surface area (Å²) in [5.74, 6) is 1.65. The maximum absolute atomic E-state index is 11.4. The quantitative estimate of drug-likeness (QED) is 0.355. The molecule has 1 aromatic carbocycles. The fourth-order valence-electron chi connectivity index (χ4n) is 3.65. The summed E-state index contributed by atoms with van der Waals surface area (Å²) in [4.78, 5) is 20.7. The van der Waals surface area contributed by atoms with Gasteiger partial charge in [0.1, 0.15) is 5.75 Å². The van der Waals surface area contributed by atoms with Crippen LogP contribution in [0, 0.1) is 5.92 Å². The summed E-state index contributed by atoms with van der Waals surface area (Å²) in [6, 6.07) is 8.20. The van der Waals surface area contributed by atoms with Crippen LogP contribution in [0.3, 0.4) is 0 Å². The maximum atomic E-state index is 11.4. The minimum absolute atomic E-state index is 0.00446. The van der Waals surface area contributed by atoms with Crippen molar-refractivity contribution in [1.29, 1.82) is 0 Å². The second-order valence-electron chi connectivity index (χ2n) is 7.56. The maximum Gasteiger partial charge on any atom is 0.221 e. The van der Waals surface area contributed by atoms with Gasteiger partial charge < -0.3 is 25.6 Å². The lowest BCUT2D eigenvalue weighted by molar-refractivity contribution is -0.123. The smallest absolute Gasteiger partial charge is 0.221 e. The Kier molecular flexibility index (Phi) is 9.77. The van der Waals surface area contributed by atoms with Crippen molar-refractivity contribution in [2.24, 2.45) is 16.6 Å². The molecule has 1 fully saturated rings. The first kappa shape index (κ1) is 23.0. The van der Waals surface area contributed by atoms with Gasteiger partial charge in [-0.3, -0.25) is 9.79 Å². The zero-order valence-corrected chi connectivity index (χ0v) is 18.2. The molecule has 1 aliphatic heterocycles. The second-order valence-corrected chi connectivity index (χ2v) is 7.56. The minimum atomic E-state index is -0.168. The van der Waals surface area contributed by atoms with Crippen LogP contribution in [-0.2, 0) is 11.3 Å². The van der Waals surface area contributed by atoms with Crippen LogP contribution >= 0.6 is 0 Å². The first-order chi connectivity index (χ1) is 14.0. The molecular formula is C22H37N5O2. The van der Waals surface area contributed by atoms with Crippen LogP contribution < -0.4 is 15.8 Å². The number of likely N-dealkylation sites (tertiary alicyclic amines) is 1. The number of rotatable bonds is 10. The van der Waals surface area contributed by atoms with E-state index in [0.29, 0.717) is 6.61 Å². The summed E-state index contributed by atoms with van der Waals surface area (Å²) in [7, 11) is 2.06. The largest absolute Gasteiger partial charge is 0.494 e. The number of primary amides is 1. The van der Waals surface area contributed by atoms with E-state index < -0.39 is 0 Å². The number of carbonyl (C=O) groups excluding carboxylic acids is 1. The fourth-order valence-corrected chi connectivity index (χ4v) is 3.65. The first-order valence-corrected chi connectivity index (χ1v) is 10.8. The van der Waals surface area contributed by atoms with E-state index in [2.05, 4.69) is 41.2 Å². The third kappa shape index (κ3) is 7.93. The summed E-state index contributed by atoms with van der Waals surface area (Å²) >= 11 is 0. The Balaban J connectivity index is 1.82. The van der Waals surface area contributed by atoms with Crippen molar-refractivity contribution in [1.82, 2.24) is 15.1 Å². The monoisotopic (exact) mass is 403 g/mol. The number of hydrogen-bond acceptors (Lipinski definition) is 4. The van der Waals surface area contributed by atoms with Crippen molar-refractivity contribution in [3.63, 3.8) is 0 Å². The lowest BCUT2D eigenvalue weighted by Crippen LogP contribution is -2.41. The van der Waals surface area contributed by atoms with E-state index in [9.17, 15) is 4.79 Å². The van der Waals surface area contributed by atoms with Gasteiger partial charge in [-0.25, -0.2) is 0 Å². The van der Waals surface area contributed by atoms with Crippen LogP contribution in [0.25, 0.3) is 0 Å². The van der Waals surface area contributed by atoms with Crippen molar-refractivity contribution in [3.8, 4) is 5.75 Å². The van der Waals surface area contributed by atoms with Crippen molar-refractivity contribution in [2.45, 2.75) is 39.7 Å². The van der Waals surface area contributed by atoms with Crippen LogP contribution in [0.4, 0.5) is 0 Å². The van der Waals surface area contributed by atoms with E-state index in [1.54, 1.807) is 0 Å². The number of guanidine groups is 1. The third-order valence-corrected chi connectivity index (χ3v) is 5.15. The van der Waals surface area contributed by atoms with Gasteiger partial charge in [0.05, 0.1) is 12.5 Å². The zero-order chi connectivity index (χ0) is 21.1. The standard InChI is InChI=1S/C22H37N5O2/c1-4-24-22(26(3)16-18-9-11-20(12-10-18)29-5-2)25-13-7-15-27-14-6-8-19(17-27)21(23)28/h9-12,19H,4-8,13-17H2,1-3H3,(H2,23,28)(H,24,25).